The molecule has 0 bridgehead atoms. The molecule has 0 aromatic heterocycles. The lowest BCUT2D eigenvalue weighted by molar-refractivity contribution is -0.318. The molecule has 0 saturated carbocycles. The van der Waals surface area contributed by atoms with E-state index in [1.165, 1.54) is 0 Å². The van der Waals surface area contributed by atoms with Gasteiger partial charge in [0.2, 0.25) is 0 Å². The highest BCUT2D eigenvalue weighted by Gasteiger charge is 2.14. The zero-order chi connectivity index (χ0) is 15.1. The third-order valence-corrected chi connectivity index (χ3v) is 4.30. The van der Waals surface area contributed by atoms with Crippen molar-refractivity contribution in [3.63, 3.8) is 0 Å². The summed E-state index contributed by atoms with van der Waals surface area (Å²) in [6, 6.07) is 0. The Labute approximate surface area is 126 Å². The van der Waals surface area contributed by atoms with E-state index < -0.39 is 27.8 Å². The van der Waals surface area contributed by atoms with Gasteiger partial charge in [0.15, 0.2) is 0 Å². The molecule has 0 aromatic carbocycles. The molecule has 0 saturated heterocycles. The minimum atomic E-state index is -4.87. The summed E-state index contributed by atoms with van der Waals surface area (Å²) in [7, 11) is -9.75. The first kappa shape index (κ1) is 26.1. The number of hydrogen-bond donors (Lipinski definition) is 2. The van der Waals surface area contributed by atoms with Gasteiger partial charge in [-0.25, -0.2) is 0 Å². The van der Waals surface area contributed by atoms with Gasteiger partial charge in [-0.3, -0.25) is 4.90 Å². The fourth-order valence-electron chi connectivity index (χ4n) is 1.93. The van der Waals surface area contributed by atoms with E-state index in [1.54, 1.807) is 0 Å². The molecule has 8 N–H and O–H groups in total. The van der Waals surface area contributed by atoms with Crippen molar-refractivity contribution in [1.82, 2.24) is 17.2 Å². The number of hydrogen-bond acceptors (Lipinski definition) is 7. The average molecular weight is 349 g/mol. The van der Waals surface area contributed by atoms with Gasteiger partial charge in [-0.05, 0) is 12.3 Å². The Bertz CT molecular complexity index is 322. The van der Waals surface area contributed by atoms with E-state index in [4.69, 9.17) is 0 Å². The lowest BCUT2D eigenvalue weighted by atomic mass is 9.99. The maximum Gasteiger partial charge on any atom is 0.0264 e. The van der Waals surface area contributed by atoms with Gasteiger partial charge in [-0.2, -0.15) is 0 Å². The van der Waals surface area contributed by atoms with Crippen molar-refractivity contribution < 1.29 is 28.7 Å². The van der Waals surface area contributed by atoms with Gasteiger partial charge >= 0.3 is 0 Å². The van der Waals surface area contributed by atoms with E-state index in [2.05, 4.69) is 0 Å². The summed E-state index contributed by atoms with van der Waals surface area (Å²) in [4.78, 5) is 43.9. The van der Waals surface area contributed by atoms with Crippen LogP contribution in [0, 0.1) is 5.92 Å². The predicted molar refractivity (Wildman–Crippen MR) is 76.9 cm³/mol. The zero-order valence-electron chi connectivity index (χ0n) is 13.3. The number of quaternary nitrogens is 2. The molecule has 0 amide bonds. The second kappa shape index (κ2) is 11.7. The summed E-state index contributed by atoms with van der Waals surface area (Å²) in [6.45, 7) is 4.05. The van der Waals surface area contributed by atoms with Crippen molar-refractivity contribution in [3.05, 3.63) is 0 Å². The van der Waals surface area contributed by atoms with Crippen molar-refractivity contribution in [2.75, 3.05) is 19.1 Å². The van der Waals surface area contributed by atoms with Crippen LogP contribution in [-0.4, -0.2) is 24.0 Å². The Hall–Kier alpha value is 0.180. The van der Waals surface area contributed by atoms with Gasteiger partial charge in [0.1, 0.15) is 0 Å². The van der Waals surface area contributed by atoms with Gasteiger partial charge in [0.05, 0.1) is 0 Å². The van der Waals surface area contributed by atoms with Crippen molar-refractivity contribution in [1.29, 1.82) is 0 Å². The summed E-state index contributed by atoms with van der Waals surface area (Å²) in [6.07, 6.45) is 1.63. The molecular formula is C10H29N3O6P2-2. The fourth-order valence-corrected chi connectivity index (χ4v) is 3.50. The Morgan fingerprint density at radius 2 is 1.38 bits per heavy atom. The standard InChI is InChI=1S/C10H25NO6P2.2H3N/c1-3-5-6-10(4-2)7-11(8-18(12,13)14)9-19(15,16)17;;/h10H,3-9H2,1-2H3,(H2,12,13,14)(H2,15,16,17);2*1H3/p-2. The molecule has 0 radical (unpaired) electrons. The Kier molecular flexibility index (Phi) is 14.6. The Balaban J connectivity index is -0.00000162. The predicted octanol–water partition coefficient (Wildman–Crippen LogP) is -0.000400. The van der Waals surface area contributed by atoms with Crippen LogP contribution in [0.2, 0.25) is 0 Å². The van der Waals surface area contributed by atoms with Crippen LogP contribution < -0.4 is 31.9 Å². The molecule has 132 valence electrons. The fraction of sp³-hybridized carbons (Fsp3) is 1.00. The molecule has 9 nitrogen and oxygen atoms in total. The molecule has 21 heavy (non-hydrogen) atoms. The second-order valence-corrected chi connectivity index (χ2v) is 7.78. The molecule has 0 spiro atoms. The SMILES string of the molecule is CCCCC(CC)CN(CP(=O)([O-])[O-])CP(=O)([O-])[O-].[NH4+].[NH4+]. The van der Waals surface area contributed by atoms with E-state index in [1.807, 2.05) is 13.8 Å². The molecule has 0 rings (SSSR count). The van der Waals surface area contributed by atoms with Gasteiger partial charge < -0.3 is 41.0 Å². The van der Waals surface area contributed by atoms with Crippen LogP contribution in [0.4, 0.5) is 0 Å². The van der Waals surface area contributed by atoms with Crippen molar-refractivity contribution >= 4 is 15.2 Å². The molecule has 0 aliphatic rings. The van der Waals surface area contributed by atoms with Crippen molar-refractivity contribution in [3.8, 4) is 0 Å². The quantitative estimate of drug-likeness (QED) is 0.516. The smallest absolute Gasteiger partial charge is 0.0264 e. The van der Waals surface area contributed by atoms with E-state index >= 15 is 0 Å². The normalized spacial score (nSPS) is 13.5. The van der Waals surface area contributed by atoms with Crippen LogP contribution in [0.1, 0.15) is 39.5 Å². The molecule has 0 fully saturated rings. The summed E-state index contributed by atoms with van der Waals surface area (Å²) in [5.41, 5.74) is 0. The average Bonchev–Trinajstić information content (AvgIpc) is 2.19. The maximum atomic E-state index is 10.7. The highest BCUT2D eigenvalue weighted by molar-refractivity contribution is 7.49. The molecule has 0 aliphatic heterocycles. The first-order valence-electron chi connectivity index (χ1n) is 6.32. The minimum absolute atomic E-state index is 0. The second-order valence-electron chi connectivity index (χ2n) is 4.77. The molecule has 0 aromatic rings. The highest BCUT2D eigenvalue weighted by atomic mass is 31.2. The van der Waals surface area contributed by atoms with Crippen LogP contribution in [0.15, 0.2) is 0 Å². The monoisotopic (exact) mass is 349 g/mol. The first-order valence-corrected chi connectivity index (χ1v) is 9.77. The van der Waals surface area contributed by atoms with Gasteiger partial charge in [-0.15, -0.1) is 0 Å². The van der Waals surface area contributed by atoms with Crippen LogP contribution >= 0.6 is 15.2 Å². The lowest BCUT2D eigenvalue weighted by Crippen LogP contribution is -2.38. The van der Waals surface area contributed by atoms with E-state index in [0.717, 1.165) is 30.6 Å². The zero-order valence-corrected chi connectivity index (χ0v) is 15.1. The third-order valence-electron chi connectivity index (χ3n) is 2.81. The largest absolute Gasteiger partial charge is 0.810 e. The van der Waals surface area contributed by atoms with Crippen molar-refractivity contribution in [2.24, 2.45) is 5.92 Å². The summed E-state index contributed by atoms with van der Waals surface area (Å²) in [5.74, 6) is 0.0815. The lowest BCUT2D eigenvalue weighted by Gasteiger charge is -2.42. The summed E-state index contributed by atoms with van der Waals surface area (Å²) >= 11 is 0. The van der Waals surface area contributed by atoms with Crippen LogP contribution in [0.5, 0.6) is 0 Å². The third kappa shape index (κ3) is 16.4. The molecular weight excluding hydrogens is 320 g/mol. The van der Waals surface area contributed by atoms with Gasteiger partial charge in [0, 0.05) is 19.1 Å². The maximum absolute atomic E-state index is 10.7. The molecule has 0 aliphatic carbocycles. The first-order chi connectivity index (χ1) is 8.57. The van der Waals surface area contributed by atoms with E-state index in [0.29, 0.717) is 0 Å². The van der Waals surface area contributed by atoms with E-state index in [9.17, 15) is 28.7 Å². The molecule has 11 heteroatoms. The number of unbranched alkanes of at least 4 members (excludes halogenated alkanes) is 1. The Morgan fingerprint density at radius 1 is 0.952 bits per heavy atom. The Morgan fingerprint density at radius 3 is 1.67 bits per heavy atom. The van der Waals surface area contributed by atoms with Gasteiger partial charge in [-0.1, -0.05) is 48.3 Å². The molecule has 1 atom stereocenters. The topological polar surface area (TPSA) is 203 Å². The van der Waals surface area contributed by atoms with Crippen LogP contribution in [0.25, 0.3) is 0 Å². The molecule has 1 unspecified atom stereocenters. The number of rotatable bonds is 10. The van der Waals surface area contributed by atoms with Gasteiger partial charge in [0.25, 0.3) is 0 Å². The summed E-state index contributed by atoms with van der Waals surface area (Å²) < 4.78 is 21.5. The number of nitrogens with zero attached hydrogens (tertiary/aromatic N) is 1. The molecule has 0 heterocycles. The van der Waals surface area contributed by atoms with Crippen LogP contribution in [-0.2, 0) is 9.13 Å². The van der Waals surface area contributed by atoms with E-state index in [-0.39, 0.29) is 24.8 Å². The summed E-state index contributed by atoms with van der Waals surface area (Å²) in [5, 5.41) is 0. The van der Waals surface area contributed by atoms with Crippen LogP contribution in [0.3, 0.4) is 0 Å². The minimum Gasteiger partial charge on any atom is -0.810 e. The van der Waals surface area contributed by atoms with Crippen molar-refractivity contribution in [2.45, 2.75) is 39.5 Å². The highest BCUT2D eigenvalue weighted by Crippen LogP contribution is 2.32.